The molecule has 0 heterocycles. The lowest BCUT2D eigenvalue weighted by Crippen LogP contribution is -2.21. The molecular weight excluding hydrogens is 408 g/mol. The number of nitrogen functional groups attached to an aromatic ring is 1. The smallest absolute Gasteiger partial charge is 0.296 e. The van der Waals surface area contributed by atoms with Crippen molar-refractivity contribution >= 4 is 21.5 Å². The molecule has 0 saturated heterocycles. The first kappa shape index (κ1) is 27.8. The van der Waals surface area contributed by atoms with Crippen molar-refractivity contribution in [3.63, 3.8) is 0 Å². The number of hydrogen-bond acceptors (Lipinski definition) is 4. The van der Waals surface area contributed by atoms with Crippen LogP contribution in [0.4, 0.5) is 11.4 Å². The quantitative estimate of drug-likeness (QED) is 0.131. The summed E-state index contributed by atoms with van der Waals surface area (Å²) in [7, 11) is -2.43. The monoisotopic (exact) mass is 454 g/mol. The van der Waals surface area contributed by atoms with Gasteiger partial charge in [0.15, 0.2) is 0 Å². The van der Waals surface area contributed by atoms with Gasteiger partial charge in [-0.1, -0.05) is 103 Å². The van der Waals surface area contributed by atoms with Crippen molar-refractivity contribution in [2.75, 3.05) is 24.2 Å². The van der Waals surface area contributed by atoms with Gasteiger partial charge in [-0.05, 0) is 24.6 Å². The minimum absolute atomic E-state index is 0.119. The molecule has 5 nitrogen and oxygen atoms in total. The van der Waals surface area contributed by atoms with Gasteiger partial charge in [0.1, 0.15) is 4.90 Å². The van der Waals surface area contributed by atoms with E-state index in [-0.39, 0.29) is 4.90 Å². The number of benzene rings is 1. The molecule has 1 aromatic rings. The predicted molar refractivity (Wildman–Crippen MR) is 133 cm³/mol. The topological polar surface area (TPSA) is 83.6 Å². The van der Waals surface area contributed by atoms with Crippen molar-refractivity contribution in [3.8, 4) is 0 Å². The number of nitrogens with two attached hydrogens (primary N) is 1. The van der Waals surface area contributed by atoms with Crippen LogP contribution in [-0.4, -0.2) is 26.6 Å². The third kappa shape index (κ3) is 13.0. The van der Waals surface area contributed by atoms with Gasteiger partial charge < -0.3 is 10.6 Å². The number of rotatable bonds is 19. The third-order valence-corrected chi connectivity index (χ3v) is 6.90. The Kier molecular flexibility index (Phi) is 14.7. The minimum Gasteiger partial charge on any atom is -0.399 e. The van der Waals surface area contributed by atoms with Gasteiger partial charge in [0.2, 0.25) is 0 Å². The average Bonchev–Trinajstić information content (AvgIpc) is 2.72. The van der Waals surface area contributed by atoms with Crippen molar-refractivity contribution in [1.29, 1.82) is 0 Å². The van der Waals surface area contributed by atoms with Crippen molar-refractivity contribution in [2.45, 2.75) is 115 Å². The summed E-state index contributed by atoms with van der Waals surface area (Å²) in [6, 6.07) is 4.63. The second-order valence-corrected chi connectivity index (χ2v) is 10.3. The molecule has 0 aliphatic rings. The fraction of sp³-hybridized carbons (Fsp3) is 0.760. The molecule has 0 aliphatic carbocycles. The lowest BCUT2D eigenvalue weighted by atomic mass is 10.0. The summed E-state index contributed by atoms with van der Waals surface area (Å²) in [5.41, 5.74) is 6.49. The molecule has 3 N–H and O–H groups in total. The Morgan fingerprint density at radius 3 is 1.61 bits per heavy atom. The summed E-state index contributed by atoms with van der Waals surface area (Å²) in [5.74, 6) is 0. The molecule has 0 amide bonds. The molecule has 0 aliphatic heterocycles. The van der Waals surface area contributed by atoms with Gasteiger partial charge in [-0.15, -0.1) is 0 Å². The Morgan fingerprint density at radius 2 is 1.19 bits per heavy atom. The lowest BCUT2D eigenvalue weighted by Gasteiger charge is -2.21. The van der Waals surface area contributed by atoms with Crippen LogP contribution in [0.3, 0.4) is 0 Å². The van der Waals surface area contributed by atoms with Crippen molar-refractivity contribution in [1.82, 2.24) is 0 Å². The van der Waals surface area contributed by atoms with E-state index < -0.39 is 10.1 Å². The molecule has 0 aromatic heterocycles. The van der Waals surface area contributed by atoms with Gasteiger partial charge in [-0.2, -0.15) is 8.42 Å². The van der Waals surface area contributed by atoms with Gasteiger partial charge in [0.05, 0.1) is 5.69 Å². The van der Waals surface area contributed by atoms with E-state index in [1.165, 1.54) is 96.0 Å². The molecule has 0 fully saturated rings. The van der Waals surface area contributed by atoms with E-state index in [1.807, 2.05) is 11.9 Å². The summed E-state index contributed by atoms with van der Waals surface area (Å²) >= 11 is 0. The summed E-state index contributed by atoms with van der Waals surface area (Å²) in [5, 5.41) is 0. The van der Waals surface area contributed by atoms with E-state index in [1.54, 1.807) is 12.1 Å². The molecule has 0 spiro atoms. The zero-order valence-corrected chi connectivity index (χ0v) is 20.8. The second-order valence-electron chi connectivity index (χ2n) is 8.93. The van der Waals surface area contributed by atoms with Crippen molar-refractivity contribution < 1.29 is 13.0 Å². The number of hydrogen-bond donors (Lipinski definition) is 2. The number of anilines is 2. The maximum Gasteiger partial charge on any atom is 0.296 e. The number of unbranched alkanes of at least 4 members (excludes halogenated alkanes) is 15. The Morgan fingerprint density at radius 1 is 0.774 bits per heavy atom. The molecule has 0 saturated carbocycles. The van der Waals surface area contributed by atoms with Gasteiger partial charge in [0, 0.05) is 19.3 Å². The molecule has 0 unspecified atom stereocenters. The fourth-order valence-electron chi connectivity index (χ4n) is 4.07. The first-order valence-corrected chi connectivity index (χ1v) is 13.9. The fourth-order valence-corrected chi connectivity index (χ4v) is 4.84. The highest BCUT2D eigenvalue weighted by Gasteiger charge is 2.18. The average molecular weight is 455 g/mol. The maximum absolute atomic E-state index is 11.6. The van der Waals surface area contributed by atoms with Crippen molar-refractivity contribution in [3.05, 3.63) is 18.2 Å². The van der Waals surface area contributed by atoms with E-state index in [9.17, 15) is 13.0 Å². The van der Waals surface area contributed by atoms with E-state index >= 15 is 0 Å². The molecule has 1 rings (SSSR count). The first-order valence-electron chi connectivity index (χ1n) is 12.4. The highest BCUT2D eigenvalue weighted by molar-refractivity contribution is 7.86. The van der Waals surface area contributed by atoms with E-state index in [2.05, 4.69) is 6.92 Å². The molecule has 0 radical (unpaired) electrons. The predicted octanol–water partition coefficient (Wildman–Crippen LogP) is 7.21. The Balaban J connectivity index is 2.03. The van der Waals surface area contributed by atoms with Crippen LogP contribution in [0.2, 0.25) is 0 Å². The van der Waals surface area contributed by atoms with Crippen LogP contribution in [-0.2, 0) is 10.1 Å². The Bertz CT molecular complexity index is 692. The maximum atomic E-state index is 11.6. The van der Waals surface area contributed by atoms with Crippen LogP contribution in [0, 0.1) is 0 Å². The SMILES string of the molecule is CCCCCCCCCCCCCCCCCCN(C)c1ccc(N)cc1S(=O)(=O)O. The van der Waals surface area contributed by atoms with Gasteiger partial charge in [-0.3, -0.25) is 4.55 Å². The summed E-state index contributed by atoms with van der Waals surface area (Å²) < 4.78 is 32.7. The molecule has 1 aromatic carbocycles. The molecule has 0 atom stereocenters. The number of nitrogens with zero attached hydrogens (tertiary/aromatic N) is 1. The Labute approximate surface area is 191 Å². The summed E-state index contributed by atoms with van der Waals surface area (Å²) in [6.45, 7) is 3.02. The lowest BCUT2D eigenvalue weighted by molar-refractivity contribution is 0.483. The van der Waals surface area contributed by atoms with Gasteiger partial charge in [0.25, 0.3) is 10.1 Å². The highest BCUT2D eigenvalue weighted by atomic mass is 32.2. The van der Waals surface area contributed by atoms with Gasteiger partial charge in [-0.25, -0.2) is 0 Å². The summed E-state index contributed by atoms with van der Waals surface area (Å²) in [4.78, 5) is 1.76. The van der Waals surface area contributed by atoms with Crippen LogP contribution in [0.15, 0.2) is 23.1 Å². The normalized spacial score (nSPS) is 11.7. The molecule has 180 valence electrons. The van der Waals surface area contributed by atoms with Crippen molar-refractivity contribution in [2.24, 2.45) is 0 Å². The van der Waals surface area contributed by atoms with Crippen LogP contribution < -0.4 is 10.6 Å². The van der Waals surface area contributed by atoms with E-state index in [4.69, 9.17) is 5.73 Å². The zero-order valence-electron chi connectivity index (χ0n) is 19.9. The van der Waals surface area contributed by atoms with Gasteiger partial charge >= 0.3 is 0 Å². The summed E-state index contributed by atoms with van der Waals surface area (Å²) in [6.07, 6.45) is 21.3. The molecule has 0 bridgehead atoms. The van der Waals surface area contributed by atoms with Crippen LogP contribution in [0.5, 0.6) is 0 Å². The molecule has 6 heteroatoms. The van der Waals surface area contributed by atoms with E-state index in [0.717, 1.165) is 19.4 Å². The standard InChI is InChI=1S/C25H46N2O3S/c1-3-4-5-6-7-8-9-10-11-12-13-14-15-16-17-18-21-27(2)24-20-19-23(26)22-25(24)31(28,29)30/h19-20,22H,3-18,21,26H2,1-2H3,(H,28,29,30). The highest BCUT2D eigenvalue weighted by Crippen LogP contribution is 2.27. The molecule has 31 heavy (non-hydrogen) atoms. The van der Waals surface area contributed by atoms with E-state index in [0.29, 0.717) is 11.4 Å². The molecular formula is C25H46N2O3S. The Hall–Kier alpha value is -1.27. The first-order chi connectivity index (χ1) is 14.9. The minimum atomic E-state index is -4.28. The largest absolute Gasteiger partial charge is 0.399 e. The van der Waals surface area contributed by atoms with Crippen LogP contribution >= 0.6 is 0 Å². The third-order valence-electron chi connectivity index (χ3n) is 6.02. The van der Waals surface area contributed by atoms with Crippen LogP contribution in [0.25, 0.3) is 0 Å². The second kappa shape index (κ2) is 16.4. The van der Waals surface area contributed by atoms with Crippen LogP contribution in [0.1, 0.15) is 110 Å². The zero-order chi connectivity index (χ0) is 23.0.